The van der Waals surface area contributed by atoms with E-state index in [9.17, 15) is 9.90 Å². The van der Waals surface area contributed by atoms with Crippen molar-refractivity contribution in [3.05, 3.63) is 23.8 Å². The van der Waals surface area contributed by atoms with Gasteiger partial charge in [0.25, 0.3) is 0 Å². The van der Waals surface area contributed by atoms with E-state index in [-0.39, 0.29) is 23.4 Å². The highest BCUT2D eigenvalue weighted by Gasteiger charge is 2.13. The summed E-state index contributed by atoms with van der Waals surface area (Å²) < 4.78 is 0. The normalized spacial score (nSPS) is 14.2. The molecule has 1 aromatic carbocycles. The third-order valence-electron chi connectivity index (χ3n) is 2.27. The number of nitrogens with two attached hydrogens (primary N) is 1. The Kier molecular flexibility index (Phi) is 3.73. The first kappa shape index (κ1) is 12.3. The summed E-state index contributed by atoms with van der Waals surface area (Å²) in [5, 5.41) is 21.1. The zero-order valence-electron chi connectivity index (χ0n) is 9.27. The minimum atomic E-state index is -0.576. The lowest BCUT2D eigenvalue weighted by atomic mass is 10.1. The largest absolute Gasteiger partial charge is 0.504 e. The smallest absolute Gasteiger partial charge is 0.237 e. The average molecular weight is 224 g/mol. The third-order valence-corrected chi connectivity index (χ3v) is 2.27. The van der Waals surface area contributed by atoms with Crippen molar-refractivity contribution in [2.24, 2.45) is 5.73 Å². The molecule has 5 heteroatoms. The molecule has 5 nitrogen and oxygen atoms in total. The number of hydrogen-bond acceptors (Lipinski definition) is 4. The van der Waals surface area contributed by atoms with E-state index < -0.39 is 6.04 Å². The van der Waals surface area contributed by atoms with Gasteiger partial charge in [-0.2, -0.15) is 0 Å². The number of nitrogens with one attached hydrogen (secondary N) is 1. The number of amides is 1. The fourth-order valence-electron chi connectivity index (χ4n) is 1.24. The number of benzene rings is 1. The SMILES string of the molecule is CC(N)C(=O)NC(C)c1ccc(O)c(O)c1. The van der Waals surface area contributed by atoms with Crippen LogP contribution in [-0.4, -0.2) is 22.2 Å². The van der Waals surface area contributed by atoms with E-state index >= 15 is 0 Å². The highest BCUT2D eigenvalue weighted by molar-refractivity contribution is 5.81. The van der Waals surface area contributed by atoms with Crippen LogP contribution in [0.2, 0.25) is 0 Å². The molecule has 0 saturated heterocycles. The van der Waals surface area contributed by atoms with E-state index in [2.05, 4.69) is 5.32 Å². The molecule has 0 spiro atoms. The van der Waals surface area contributed by atoms with Gasteiger partial charge in [-0.3, -0.25) is 4.79 Å². The number of phenolic OH excluding ortho intramolecular Hbond substituents is 2. The number of phenols is 2. The van der Waals surface area contributed by atoms with Crippen molar-refractivity contribution in [2.45, 2.75) is 25.9 Å². The van der Waals surface area contributed by atoms with Crippen molar-refractivity contribution >= 4 is 5.91 Å². The first-order valence-corrected chi connectivity index (χ1v) is 4.99. The molecule has 0 aliphatic rings. The van der Waals surface area contributed by atoms with E-state index in [4.69, 9.17) is 10.8 Å². The van der Waals surface area contributed by atoms with E-state index in [1.807, 2.05) is 0 Å². The summed E-state index contributed by atoms with van der Waals surface area (Å²) in [6.07, 6.45) is 0. The van der Waals surface area contributed by atoms with Gasteiger partial charge in [0, 0.05) is 0 Å². The Bertz CT molecular complexity index is 391. The second kappa shape index (κ2) is 4.85. The number of rotatable bonds is 3. The second-order valence-corrected chi connectivity index (χ2v) is 3.77. The molecule has 0 aromatic heterocycles. The Morgan fingerprint density at radius 2 is 1.94 bits per heavy atom. The number of carbonyl (C=O) groups excluding carboxylic acids is 1. The predicted molar refractivity (Wildman–Crippen MR) is 60.0 cm³/mol. The van der Waals surface area contributed by atoms with E-state index in [0.29, 0.717) is 5.56 Å². The summed E-state index contributed by atoms with van der Waals surface area (Å²) in [5.41, 5.74) is 6.11. The van der Waals surface area contributed by atoms with Gasteiger partial charge >= 0.3 is 0 Å². The van der Waals surface area contributed by atoms with Gasteiger partial charge in [0.1, 0.15) is 0 Å². The lowest BCUT2D eigenvalue weighted by Crippen LogP contribution is -2.39. The zero-order chi connectivity index (χ0) is 12.3. The Morgan fingerprint density at radius 1 is 1.31 bits per heavy atom. The number of carbonyl (C=O) groups is 1. The van der Waals surface area contributed by atoms with E-state index in [1.54, 1.807) is 19.9 Å². The molecular formula is C11H16N2O3. The molecule has 2 unspecified atom stereocenters. The van der Waals surface area contributed by atoms with Crippen molar-refractivity contribution in [3.8, 4) is 11.5 Å². The van der Waals surface area contributed by atoms with Gasteiger partial charge in [0.05, 0.1) is 12.1 Å². The standard InChI is InChI=1S/C11H16N2O3/c1-6(12)11(16)13-7(2)8-3-4-9(14)10(15)5-8/h3-7,14-15H,12H2,1-2H3,(H,13,16). The van der Waals surface area contributed by atoms with E-state index in [0.717, 1.165) is 0 Å². The van der Waals surface area contributed by atoms with Crippen LogP contribution < -0.4 is 11.1 Å². The molecule has 0 heterocycles. The summed E-state index contributed by atoms with van der Waals surface area (Å²) in [6, 6.07) is 3.56. The molecule has 16 heavy (non-hydrogen) atoms. The van der Waals surface area contributed by atoms with Crippen molar-refractivity contribution < 1.29 is 15.0 Å². The van der Waals surface area contributed by atoms with E-state index in [1.165, 1.54) is 12.1 Å². The quantitative estimate of drug-likeness (QED) is 0.566. The van der Waals surface area contributed by atoms with Crippen molar-refractivity contribution in [2.75, 3.05) is 0 Å². The highest BCUT2D eigenvalue weighted by Crippen LogP contribution is 2.27. The Balaban J connectivity index is 2.77. The monoisotopic (exact) mass is 224 g/mol. The topological polar surface area (TPSA) is 95.6 Å². The first-order valence-electron chi connectivity index (χ1n) is 4.99. The van der Waals surface area contributed by atoms with Gasteiger partial charge in [-0.25, -0.2) is 0 Å². The van der Waals surface area contributed by atoms with Crippen LogP contribution in [0.5, 0.6) is 11.5 Å². The summed E-state index contributed by atoms with van der Waals surface area (Å²) in [7, 11) is 0. The minimum absolute atomic E-state index is 0.186. The second-order valence-electron chi connectivity index (χ2n) is 3.77. The lowest BCUT2D eigenvalue weighted by Gasteiger charge is -2.16. The molecule has 5 N–H and O–H groups in total. The molecule has 0 aliphatic carbocycles. The molecule has 0 fully saturated rings. The van der Waals surface area contributed by atoms with Gasteiger partial charge < -0.3 is 21.3 Å². The van der Waals surface area contributed by atoms with Crippen LogP contribution >= 0.6 is 0 Å². The molecule has 2 atom stereocenters. The number of hydrogen-bond donors (Lipinski definition) is 4. The zero-order valence-corrected chi connectivity index (χ0v) is 9.27. The van der Waals surface area contributed by atoms with Gasteiger partial charge in [0.15, 0.2) is 11.5 Å². The van der Waals surface area contributed by atoms with Crippen LogP contribution in [0.3, 0.4) is 0 Å². The summed E-state index contributed by atoms with van der Waals surface area (Å²) >= 11 is 0. The molecule has 0 aliphatic heterocycles. The molecule has 1 amide bonds. The molecule has 1 rings (SSSR count). The van der Waals surface area contributed by atoms with Crippen molar-refractivity contribution in [1.29, 1.82) is 0 Å². The number of aromatic hydroxyl groups is 2. The van der Waals surface area contributed by atoms with Crippen molar-refractivity contribution in [1.82, 2.24) is 5.32 Å². The third kappa shape index (κ3) is 2.87. The maximum atomic E-state index is 11.3. The van der Waals surface area contributed by atoms with Crippen molar-refractivity contribution in [3.63, 3.8) is 0 Å². The van der Waals surface area contributed by atoms with Crippen LogP contribution in [-0.2, 0) is 4.79 Å². The average Bonchev–Trinajstić information content (AvgIpc) is 2.21. The fourth-order valence-corrected chi connectivity index (χ4v) is 1.24. The van der Waals surface area contributed by atoms with Gasteiger partial charge in [-0.1, -0.05) is 6.07 Å². The molecule has 1 aromatic rings. The Hall–Kier alpha value is -1.75. The van der Waals surface area contributed by atoms with Crippen LogP contribution in [0.25, 0.3) is 0 Å². The summed E-state index contributed by atoms with van der Waals surface area (Å²) in [4.78, 5) is 11.3. The summed E-state index contributed by atoms with van der Waals surface area (Å²) in [6.45, 7) is 3.36. The van der Waals surface area contributed by atoms with Crippen LogP contribution in [0.15, 0.2) is 18.2 Å². The molecule has 0 saturated carbocycles. The molecule has 88 valence electrons. The van der Waals surface area contributed by atoms with Crippen LogP contribution in [0, 0.1) is 0 Å². The molecular weight excluding hydrogens is 208 g/mol. The molecule has 0 radical (unpaired) electrons. The Labute approximate surface area is 93.9 Å². The Morgan fingerprint density at radius 3 is 2.44 bits per heavy atom. The van der Waals surface area contributed by atoms with Gasteiger partial charge in [-0.15, -0.1) is 0 Å². The van der Waals surface area contributed by atoms with Crippen LogP contribution in [0.4, 0.5) is 0 Å². The maximum absolute atomic E-state index is 11.3. The predicted octanol–water partition coefficient (Wildman–Crippen LogP) is 0.622. The van der Waals surface area contributed by atoms with Gasteiger partial charge in [0.2, 0.25) is 5.91 Å². The fraction of sp³-hybridized carbons (Fsp3) is 0.364. The van der Waals surface area contributed by atoms with Crippen LogP contribution in [0.1, 0.15) is 25.5 Å². The molecule has 0 bridgehead atoms. The maximum Gasteiger partial charge on any atom is 0.237 e. The first-order chi connectivity index (χ1) is 7.41. The lowest BCUT2D eigenvalue weighted by molar-refractivity contribution is -0.122. The summed E-state index contributed by atoms with van der Waals surface area (Å²) in [5.74, 6) is -0.658. The van der Waals surface area contributed by atoms with Gasteiger partial charge in [-0.05, 0) is 31.5 Å². The highest BCUT2D eigenvalue weighted by atomic mass is 16.3. The minimum Gasteiger partial charge on any atom is -0.504 e.